The Morgan fingerprint density at radius 1 is 1.18 bits per heavy atom. The maximum atomic E-state index is 13.4. The van der Waals surface area contributed by atoms with Gasteiger partial charge in [0.15, 0.2) is 0 Å². The molecule has 4 rings (SSSR count). The molecule has 0 aliphatic carbocycles. The van der Waals surface area contributed by atoms with Gasteiger partial charge in [-0.25, -0.2) is 8.42 Å². The van der Waals surface area contributed by atoms with Crippen molar-refractivity contribution >= 4 is 44.5 Å². The number of hydrogen-bond donors (Lipinski definition) is 1. The van der Waals surface area contributed by atoms with Gasteiger partial charge in [0.25, 0.3) is 0 Å². The fourth-order valence-electron chi connectivity index (χ4n) is 4.57. The minimum Gasteiger partial charge on any atom is -0.358 e. The molecule has 3 heterocycles. The second-order valence-electron chi connectivity index (χ2n) is 8.23. The van der Waals surface area contributed by atoms with Gasteiger partial charge in [0.1, 0.15) is 12.6 Å². The molecule has 1 unspecified atom stereocenters. The van der Waals surface area contributed by atoms with Crippen LogP contribution in [0, 0.1) is 0 Å². The third kappa shape index (κ3) is 4.64. The van der Waals surface area contributed by atoms with Crippen molar-refractivity contribution < 1.29 is 18.0 Å². The Balaban J connectivity index is 1.67. The maximum absolute atomic E-state index is 13.4. The van der Waals surface area contributed by atoms with Crippen molar-refractivity contribution in [2.75, 3.05) is 36.0 Å². The van der Waals surface area contributed by atoms with E-state index in [1.54, 1.807) is 43.4 Å². The molecule has 8 nitrogen and oxygen atoms in total. The lowest BCUT2D eigenvalue weighted by molar-refractivity contribution is -0.125. The molecule has 0 spiro atoms. The lowest BCUT2D eigenvalue weighted by atomic mass is 9.96. The molecule has 2 aromatic rings. The molecule has 0 saturated carbocycles. The SMILES string of the molecule is CCN(CC)S(=O)(=O)c1ccc2c(c1)N(CC(=O)NCc1cccs1)C(=O)C1CCCCN21. The van der Waals surface area contributed by atoms with Crippen molar-refractivity contribution in [2.24, 2.45) is 0 Å². The molecule has 178 valence electrons. The quantitative estimate of drug-likeness (QED) is 0.615. The summed E-state index contributed by atoms with van der Waals surface area (Å²) in [5, 5.41) is 4.82. The highest BCUT2D eigenvalue weighted by Gasteiger charge is 2.40. The van der Waals surface area contributed by atoms with Crippen LogP contribution in [-0.2, 0) is 26.2 Å². The van der Waals surface area contributed by atoms with E-state index in [1.807, 2.05) is 17.5 Å². The Hall–Kier alpha value is -2.43. The first kappa shape index (κ1) is 23.7. The topological polar surface area (TPSA) is 90.0 Å². The summed E-state index contributed by atoms with van der Waals surface area (Å²) in [7, 11) is -3.70. The van der Waals surface area contributed by atoms with Crippen molar-refractivity contribution in [1.82, 2.24) is 9.62 Å². The number of benzene rings is 1. The number of nitrogens with one attached hydrogen (secondary N) is 1. The summed E-state index contributed by atoms with van der Waals surface area (Å²) in [5.74, 6) is -0.421. The number of carbonyl (C=O) groups is 2. The number of fused-ring (bicyclic) bond motifs is 3. The molecular formula is C23H30N4O4S2. The summed E-state index contributed by atoms with van der Waals surface area (Å²) in [6.45, 7) is 5.31. The molecule has 1 fully saturated rings. The van der Waals surface area contributed by atoms with Gasteiger partial charge < -0.3 is 10.2 Å². The molecule has 1 atom stereocenters. The smallest absolute Gasteiger partial charge is 0.250 e. The highest BCUT2D eigenvalue weighted by atomic mass is 32.2. The van der Waals surface area contributed by atoms with Crippen LogP contribution in [-0.4, -0.2) is 56.8 Å². The van der Waals surface area contributed by atoms with E-state index in [0.717, 1.165) is 36.4 Å². The Morgan fingerprint density at radius 3 is 2.67 bits per heavy atom. The molecule has 1 saturated heterocycles. The van der Waals surface area contributed by atoms with Gasteiger partial charge >= 0.3 is 0 Å². The highest BCUT2D eigenvalue weighted by molar-refractivity contribution is 7.89. The number of rotatable bonds is 8. The minimum absolute atomic E-state index is 0.136. The number of thiophene rings is 1. The first-order valence-corrected chi connectivity index (χ1v) is 13.7. The molecule has 0 radical (unpaired) electrons. The van der Waals surface area contributed by atoms with Gasteiger partial charge in [-0.1, -0.05) is 19.9 Å². The molecule has 1 N–H and O–H groups in total. The highest BCUT2D eigenvalue weighted by Crippen LogP contribution is 2.41. The van der Waals surface area contributed by atoms with Gasteiger partial charge in [0.05, 0.1) is 22.8 Å². The van der Waals surface area contributed by atoms with Crippen molar-refractivity contribution in [3.8, 4) is 0 Å². The predicted molar refractivity (Wildman–Crippen MR) is 130 cm³/mol. The van der Waals surface area contributed by atoms with Crippen LogP contribution in [0.5, 0.6) is 0 Å². The monoisotopic (exact) mass is 490 g/mol. The Kier molecular flexibility index (Phi) is 7.06. The molecule has 33 heavy (non-hydrogen) atoms. The van der Waals surface area contributed by atoms with E-state index in [9.17, 15) is 18.0 Å². The molecule has 1 aromatic heterocycles. The maximum Gasteiger partial charge on any atom is 0.250 e. The summed E-state index contributed by atoms with van der Waals surface area (Å²) < 4.78 is 27.7. The zero-order valence-corrected chi connectivity index (χ0v) is 20.6. The van der Waals surface area contributed by atoms with Crippen molar-refractivity contribution in [3.63, 3.8) is 0 Å². The van der Waals surface area contributed by atoms with E-state index in [4.69, 9.17) is 0 Å². The number of amides is 2. The van der Waals surface area contributed by atoms with Crippen LogP contribution >= 0.6 is 11.3 Å². The standard InChI is InChI=1S/C23H30N4O4S2/c1-3-25(4-2)33(30,31)18-10-11-19-21(14-18)27(23(29)20-9-5-6-12-26(19)20)16-22(28)24-15-17-8-7-13-32-17/h7-8,10-11,13-14,20H,3-6,9,12,15-16H2,1-2H3,(H,24,28). The molecular weight excluding hydrogens is 460 g/mol. The number of hydrogen-bond acceptors (Lipinski definition) is 6. The van der Waals surface area contributed by atoms with Gasteiger partial charge in [0, 0.05) is 24.5 Å². The largest absolute Gasteiger partial charge is 0.358 e. The Labute approximate surface area is 199 Å². The summed E-state index contributed by atoms with van der Waals surface area (Å²) >= 11 is 1.55. The van der Waals surface area contributed by atoms with Crippen LogP contribution in [0.1, 0.15) is 38.0 Å². The second-order valence-corrected chi connectivity index (χ2v) is 11.2. The van der Waals surface area contributed by atoms with Crippen LogP contribution in [0.4, 0.5) is 11.4 Å². The van der Waals surface area contributed by atoms with E-state index in [0.29, 0.717) is 25.3 Å². The molecule has 2 aliphatic rings. The fraction of sp³-hybridized carbons (Fsp3) is 0.478. The average Bonchev–Trinajstić information content (AvgIpc) is 3.34. The number of nitrogens with zero attached hydrogens (tertiary/aromatic N) is 3. The van der Waals surface area contributed by atoms with Crippen LogP contribution in [0.25, 0.3) is 0 Å². The number of piperidine rings is 1. The zero-order valence-electron chi connectivity index (χ0n) is 19.0. The van der Waals surface area contributed by atoms with E-state index >= 15 is 0 Å². The Bertz CT molecular complexity index is 1110. The summed E-state index contributed by atoms with van der Waals surface area (Å²) in [5.41, 5.74) is 1.29. The molecule has 10 heteroatoms. The van der Waals surface area contributed by atoms with E-state index in [2.05, 4.69) is 10.2 Å². The number of sulfonamides is 1. The summed E-state index contributed by atoms with van der Waals surface area (Å²) in [6.07, 6.45) is 2.66. The zero-order chi connectivity index (χ0) is 23.6. The van der Waals surface area contributed by atoms with Crippen molar-refractivity contribution in [2.45, 2.75) is 50.6 Å². The minimum atomic E-state index is -3.70. The van der Waals surface area contributed by atoms with Gasteiger partial charge in [-0.15, -0.1) is 11.3 Å². The Morgan fingerprint density at radius 2 is 1.97 bits per heavy atom. The van der Waals surface area contributed by atoms with Crippen LogP contribution in [0.2, 0.25) is 0 Å². The van der Waals surface area contributed by atoms with Gasteiger partial charge in [-0.2, -0.15) is 4.31 Å². The molecule has 2 amide bonds. The molecule has 1 aromatic carbocycles. The van der Waals surface area contributed by atoms with E-state index in [1.165, 1.54) is 9.21 Å². The summed E-state index contributed by atoms with van der Waals surface area (Å²) in [6, 6.07) is 8.50. The van der Waals surface area contributed by atoms with E-state index < -0.39 is 10.0 Å². The van der Waals surface area contributed by atoms with Crippen LogP contribution < -0.4 is 15.1 Å². The van der Waals surface area contributed by atoms with Gasteiger partial charge in [0.2, 0.25) is 21.8 Å². The van der Waals surface area contributed by atoms with Crippen LogP contribution in [0.3, 0.4) is 0 Å². The van der Waals surface area contributed by atoms with Gasteiger partial charge in [-0.3, -0.25) is 14.5 Å². The third-order valence-electron chi connectivity index (χ3n) is 6.29. The molecule has 2 aliphatic heterocycles. The predicted octanol–water partition coefficient (Wildman–Crippen LogP) is 2.80. The van der Waals surface area contributed by atoms with Crippen molar-refractivity contribution in [3.05, 3.63) is 40.6 Å². The fourth-order valence-corrected chi connectivity index (χ4v) is 6.70. The first-order valence-electron chi connectivity index (χ1n) is 11.4. The second kappa shape index (κ2) is 9.82. The normalized spacial score (nSPS) is 18.3. The van der Waals surface area contributed by atoms with Crippen molar-refractivity contribution in [1.29, 1.82) is 0 Å². The lowest BCUT2D eigenvalue weighted by Crippen LogP contribution is -2.57. The average molecular weight is 491 g/mol. The van der Waals surface area contributed by atoms with E-state index in [-0.39, 0.29) is 29.3 Å². The summed E-state index contributed by atoms with van der Waals surface area (Å²) in [4.78, 5) is 30.9. The van der Waals surface area contributed by atoms with Gasteiger partial charge in [-0.05, 0) is 48.9 Å². The third-order valence-corrected chi connectivity index (χ3v) is 9.21. The lowest BCUT2D eigenvalue weighted by Gasteiger charge is -2.45. The van der Waals surface area contributed by atoms with Crippen LogP contribution in [0.15, 0.2) is 40.6 Å². The molecule has 0 bridgehead atoms. The number of anilines is 2. The number of carbonyl (C=O) groups excluding carboxylic acids is 2. The first-order chi connectivity index (χ1) is 15.9.